The van der Waals surface area contributed by atoms with Crippen LogP contribution in [0.4, 0.5) is 0 Å². The van der Waals surface area contributed by atoms with Gasteiger partial charge in [-0.15, -0.1) is 0 Å². The van der Waals surface area contributed by atoms with Crippen molar-refractivity contribution in [3.05, 3.63) is 0 Å². The largest absolute Gasteiger partial charge is 0.381 e. The van der Waals surface area contributed by atoms with Crippen molar-refractivity contribution < 1.29 is 9.53 Å². The summed E-state index contributed by atoms with van der Waals surface area (Å²) in [6.45, 7) is 4.66. The second-order valence-electron chi connectivity index (χ2n) is 3.46. The van der Waals surface area contributed by atoms with E-state index in [0.717, 1.165) is 45.4 Å². The Kier molecular flexibility index (Phi) is 3.53. The van der Waals surface area contributed by atoms with Gasteiger partial charge in [0.05, 0.1) is 0 Å². The van der Waals surface area contributed by atoms with Gasteiger partial charge in [-0.2, -0.15) is 0 Å². The van der Waals surface area contributed by atoms with Crippen LogP contribution >= 0.6 is 0 Å². The van der Waals surface area contributed by atoms with Crippen LogP contribution < -0.4 is 5.32 Å². The molecular formula is C9H17NO2. The molecule has 0 aromatic carbocycles. The Morgan fingerprint density at radius 2 is 2.17 bits per heavy atom. The van der Waals surface area contributed by atoms with Gasteiger partial charge in [0.15, 0.2) is 0 Å². The van der Waals surface area contributed by atoms with E-state index in [1.54, 1.807) is 0 Å². The topological polar surface area (TPSA) is 38.3 Å². The van der Waals surface area contributed by atoms with Crippen LogP contribution in [0.3, 0.4) is 0 Å². The van der Waals surface area contributed by atoms with Crippen molar-refractivity contribution in [2.45, 2.75) is 26.2 Å². The fourth-order valence-electron chi connectivity index (χ4n) is 1.72. The molecule has 0 spiro atoms. The summed E-state index contributed by atoms with van der Waals surface area (Å²) in [5, 5.41) is 2.77. The molecule has 0 saturated carbocycles. The summed E-state index contributed by atoms with van der Waals surface area (Å²) in [7, 11) is 0. The second kappa shape index (κ2) is 4.45. The minimum Gasteiger partial charge on any atom is -0.381 e. The van der Waals surface area contributed by atoms with E-state index in [2.05, 4.69) is 12.2 Å². The van der Waals surface area contributed by atoms with Crippen molar-refractivity contribution in [2.24, 2.45) is 5.41 Å². The molecule has 1 heterocycles. The summed E-state index contributed by atoms with van der Waals surface area (Å²) >= 11 is 0. The molecule has 1 amide bonds. The first-order valence-electron chi connectivity index (χ1n) is 4.58. The lowest BCUT2D eigenvalue weighted by Crippen LogP contribution is -2.38. The quantitative estimate of drug-likeness (QED) is 0.639. The molecule has 0 aromatic heterocycles. The SMILES string of the molecule is CCC1(CNC=O)CCOCC1. The van der Waals surface area contributed by atoms with Crippen LogP contribution in [-0.2, 0) is 9.53 Å². The van der Waals surface area contributed by atoms with E-state index in [0.29, 0.717) is 5.41 Å². The molecule has 3 nitrogen and oxygen atoms in total. The zero-order valence-corrected chi connectivity index (χ0v) is 7.64. The molecule has 1 rings (SSSR count). The number of carbonyl (C=O) groups is 1. The molecule has 0 bridgehead atoms. The maximum atomic E-state index is 10.2. The highest BCUT2D eigenvalue weighted by atomic mass is 16.5. The molecule has 0 aromatic rings. The molecular weight excluding hydrogens is 154 g/mol. The van der Waals surface area contributed by atoms with Crippen molar-refractivity contribution in [3.63, 3.8) is 0 Å². The van der Waals surface area contributed by atoms with Crippen LogP contribution in [0.1, 0.15) is 26.2 Å². The van der Waals surface area contributed by atoms with Crippen molar-refractivity contribution in [1.29, 1.82) is 0 Å². The molecule has 0 radical (unpaired) electrons. The Labute approximate surface area is 73.5 Å². The monoisotopic (exact) mass is 171 g/mol. The van der Waals surface area contributed by atoms with Crippen molar-refractivity contribution in [3.8, 4) is 0 Å². The van der Waals surface area contributed by atoms with E-state index < -0.39 is 0 Å². The van der Waals surface area contributed by atoms with Gasteiger partial charge in [-0.25, -0.2) is 0 Å². The van der Waals surface area contributed by atoms with E-state index in [9.17, 15) is 4.79 Å². The number of hydrogen-bond donors (Lipinski definition) is 1. The number of amides is 1. The van der Waals surface area contributed by atoms with Crippen LogP contribution in [0.5, 0.6) is 0 Å². The van der Waals surface area contributed by atoms with Crippen molar-refractivity contribution in [1.82, 2.24) is 5.32 Å². The summed E-state index contributed by atoms with van der Waals surface area (Å²) in [6, 6.07) is 0. The van der Waals surface area contributed by atoms with Gasteiger partial charge >= 0.3 is 0 Å². The number of nitrogens with one attached hydrogen (secondary N) is 1. The van der Waals surface area contributed by atoms with Gasteiger partial charge in [0.2, 0.25) is 6.41 Å². The third-order valence-electron chi connectivity index (χ3n) is 2.86. The lowest BCUT2D eigenvalue weighted by molar-refractivity contribution is -0.110. The Bertz CT molecular complexity index is 141. The molecule has 1 N–H and O–H groups in total. The summed E-state index contributed by atoms with van der Waals surface area (Å²) < 4.78 is 5.29. The van der Waals surface area contributed by atoms with Gasteiger partial charge in [0, 0.05) is 19.8 Å². The molecule has 3 heteroatoms. The van der Waals surface area contributed by atoms with Crippen LogP contribution in [0.25, 0.3) is 0 Å². The van der Waals surface area contributed by atoms with E-state index in [4.69, 9.17) is 4.74 Å². The van der Waals surface area contributed by atoms with Crippen molar-refractivity contribution in [2.75, 3.05) is 19.8 Å². The highest BCUT2D eigenvalue weighted by Crippen LogP contribution is 2.32. The first-order valence-corrected chi connectivity index (χ1v) is 4.58. The van der Waals surface area contributed by atoms with Gasteiger partial charge in [-0.3, -0.25) is 4.79 Å². The average Bonchev–Trinajstić information content (AvgIpc) is 2.16. The van der Waals surface area contributed by atoms with Crippen LogP contribution in [0, 0.1) is 5.41 Å². The maximum absolute atomic E-state index is 10.2. The van der Waals surface area contributed by atoms with E-state index in [1.165, 1.54) is 0 Å². The van der Waals surface area contributed by atoms with E-state index in [1.807, 2.05) is 0 Å². The Hall–Kier alpha value is -0.570. The standard InChI is InChI=1S/C9H17NO2/c1-2-9(7-10-8-11)3-5-12-6-4-9/h8H,2-7H2,1H3,(H,10,11). The van der Waals surface area contributed by atoms with E-state index >= 15 is 0 Å². The number of carbonyl (C=O) groups excluding carboxylic acids is 1. The fourth-order valence-corrected chi connectivity index (χ4v) is 1.72. The highest BCUT2D eigenvalue weighted by Gasteiger charge is 2.30. The zero-order chi connectivity index (χ0) is 8.86. The molecule has 1 saturated heterocycles. The minimum absolute atomic E-state index is 0.305. The summed E-state index contributed by atoms with van der Waals surface area (Å²) in [4.78, 5) is 10.2. The lowest BCUT2D eigenvalue weighted by atomic mass is 9.78. The second-order valence-corrected chi connectivity index (χ2v) is 3.46. The number of ether oxygens (including phenoxy) is 1. The van der Waals surface area contributed by atoms with Gasteiger partial charge in [-0.05, 0) is 24.7 Å². The third-order valence-corrected chi connectivity index (χ3v) is 2.86. The molecule has 1 aliphatic rings. The smallest absolute Gasteiger partial charge is 0.207 e. The van der Waals surface area contributed by atoms with Crippen LogP contribution in [0.15, 0.2) is 0 Å². The molecule has 70 valence electrons. The first-order chi connectivity index (χ1) is 5.83. The maximum Gasteiger partial charge on any atom is 0.207 e. The van der Waals surface area contributed by atoms with Crippen molar-refractivity contribution >= 4 is 6.41 Å². The molecule has 0 atom stereocenters. The normalized spacial score (nSPS) is 21.8. The Morgan fingerprint density at radius 3 is 2.67 bits per heavy atom. The van der Waals surface area contributed by atoms with Gasteiger partial charge in [0.25, 0.3) is 0 Å². The predicted octanol–water partition coefficient (Wildman–Crippen LogP) is 0.939. The Morgan fingerprint density at radius 1 is 1.50 bits per heavy atom. The number of rotatable bonds is 4. The summed E-state index contributed by atoms with van der Waals surface area (Å²) in [6.07, 6.45) is 4.05. The predicted molar refractivity (Wildman–Crippen MR) is 46.8 cm³/mol. The van der Waals surface area contributed by atoms with Gasteiger partial charge < -0.3 is 10.1 Å². The molecule has 12 heavy (non-hydrogen) atoms. The molecule has 0 unspecified atom stereocenters. The molecule has 0 aliphatic carbocycles. The van der Waals surface area contributed by atoms with E-state index in [-0.39, 0.29) is 0 Å². The summed E-state index contributed by atoms with van der Waals surface area (Å²) in [5.41, 5.74) is 0.305. The fraction of sp³-hybridized carbons (Fsp3) is 0.889. The highest BCUT2D eigenvalue weighted by molar-refractivity contribution is 5.45. The third kappa shape index (κ3) is 2.21. The van der Waals surface area contributed by atoms with Gasteiger partial charge in [0.1, 0.15) is 0 Å². The zero-order valence-electron chi connectivity index (χ0n) is 7.64. The molecule has 1 aliphatic heterocycles. The van der Waals surface area contributed by atoms with Crippen LogP contribution in [-0.4, -0.2) is 26.2 Å². The first kappa shape index (κ1) is 9.52. The molecule has 1 fully saturated rings. The number of hydrogen-bond acceptors (Lipinski definition) is 2. The Balaban J connectivity index is 2.41. The lowest BCUT2D eigenvalue weighted by Gasteiger charge is -2.35. The van der Waals surface area contributed by atoms with Gasteiger partial charge in [-0.1, -0.05) is 6.92 Å². The average molecular weight is 171 g/mol. The summed E-state index contributed by atoms with van der Waals surface area (Å²) in [5.74, 6) is 0. The van der Waals surface area contributed by atoms with Crippen LogP contribution in [0.2, 0.25) is 0 Å². The minimum atomic E-state index is 0.305.